The lowest BCUT2D eigenvalue weighted by Gasteiger charge is -2.20. The van der Waals surface area contributed by atoms with Gasteiger partial charge in [-0.1, -0.05) is 11.2 Å². The van der Waals surface area contributed by atoms with E-state index < -0.39 is 0 Å². The number of rotatable bonds is 4. The Bertz CT molecular complexity index is 496. The molecule has 1 saturated heterocycles. The summed E-state index contributed by atoms with van der Waals surface area (Å²) in [5.41, 5.74) is 5.76. The average Bonchev–Trinajstić information content (AvgIpc) is 3.10. The highest BCUT2D eigenvalue weighted by Gasteiger charge is 2.24. The third-order valence-electron chi connectivity index (χ3n) is 3.32. The zero-order valence-electron chi connectivity index (χ0n) is 10.1. The predicted octanol–water partition coefficient (Wildman–Crippen LogP) is 1.72. The molecule has 0 bridgehead atoms. The van der Waals surface area contributed by atoms with Crippen LogP contribution in [0.3, 0.4) is 0 Å². The molecule has 6 heteroatoms. The third-order valence-corrected chi connectivity index (χ3v) is 4.17. The molecule has 2 aromatic heterocycles. The Kier molecular flexibility index (Phi) is 3.40. The van der Waals surface area contributed by atoms with Crippen LogP contribution in [0.5, 0.6) is 0 Å². The molecule has 1 aliphatic rings. The largest absolute Gasteiger partial charge is 0.333 e. The van der Waals surface area contributed by atoms with Crippen molar-refractivity contribution in [1.82, 2.24) is 15.0 Å². The van der Waals surface area contributed by atoms with E-state index in [0.717, 1.165) is 23.8 Å². The van der Waals surface area contributed by atoms with Crippen molar-refractivity contribution in [3.63, 3.8) is 0 Å². The quantitative estimate of drug-likeness (QED) is 0.910. The van der Waals surface area contributed by atoms with Gasteiger partial charge >= 0.3 is 0 Å². The van der Waals surface area contributed by atoms with Crippen LogP contribution in [0.25, 0.3) is 10.8 Å². The normalized spacial score (nSPS) is 20.6. The predicted molar refractivity (Wildman–Crippen MR) is 70.1 cm³/mol. The highest BCUT2D eigenvalue weighted by atomic mass is 32.1. The van der Waals surface area contributed by atoms with Gasteiger partial charge in [-0.15, -0.1) is 11.3 Å². The number of hydrogen-bond donors (Lipinski definition) is 1. The monoisotopic (exact) mass is 264 g/mol. The molecule has 3 heterocycles. The minimum atomic E-state index is 0.466. The topological polar surface area (TPSA) is 68.2 Å². The SMILES string of the molecule is NCC1CCCN1Cc1noc(-c2cccs2)n1. The van der Waals surface area contributed by atoms with Crippen molar-refractivity contribution in [3.05, 3.63) is 23.3 Å². The van der Waals surface area contributed by atoms with Crippen molar-refractivity contribution < 1.29 is 4.52 Å². The highest BCUT2D eigenvalue weighted by molar-refractivity contribution is 7.13. The van der Waals surface area contributed by atoms with Crippen molar-refractivity contribution in [2.75, 3.05) is 13.1 Å². The minimum absolute atomic E-state index is 0.466. The first-order valence-corrected chi connectivity index (χ1v) is 7.05. The van der Waals surface area contributed by atoms with Gasteiger partial charge in [-0.05, 0) is 30.8 Å². The van der Waals surface area contributed by atoms with Crippen LogP contribution in [0.4, 0.5) is 0 Å². The summed E-state index contributed by atoms with van der Waals surface area (Å²) in [6, 6.07) is 4.43. The Balaban J connectivity index is 1.70. The molecule has 0 amide bonds. The van der Waals surface area contributed by atoms with E-state index in [9.17, 15) is 0 Å². The van der Waals surface area contributed by atoms with E-state index in [-0.39, 0.29) is 0 Å². The molecule has 1 fully saturated rings. The van der Waals surface area contributed by atoms with Gasteiger partial charge < -0.3 is 10.3 Å². The number of likely N-dealkylation sites (tertiary alicyclic amines) is 1. The van der Waals surface area contributed by atoms with Crippen molar-refractivity contribution in [1.29, 1.82) is 0 Å². The molecule has 0 aromatic carbocycles. The van der Waals surface area contributed by atoms with E-state index in [0.29, 0.717) is 18.5 Å². The molecular formula is C12H16N4OS. The highest BCUT2D eigenvalue weighted by Crippen LogP contribution is 2.24. The van der Waals surface area contributed by atoms with Crippen molar-refractivity contribution in [2.45, 2.75) is 25.4 Å². The summed E-state index contributed by atoms with van der Waals surface area (Å²) in [4.78, 5) is 7.79. The summed E-state index contributed by atoms with van der Waals surface area (Å²) in [5.74, 6) is 1.36. The van der Waals surface area contributed by atoms with Crippen LogP contribution >= 0.6 is 11.3 Å². The Hall–Kier alpha value is -1.24. The zero-order valence-corrected chi connectivity index (χ0v) is 10.9. The van der Waals surface area contributed by atoms with Gasteiger partial charge in [-0.25, -0.2) is 0 Å². The van der Waals surface area contributed by atoms with Gasteiger partial charge in [0, 0.05) is 12.6 Å². The fourth-order valence-electron chi connectivity index (χ4n) is 2.37. The zero-order chi connectivity index (χ0) is 12.4. The molecule has 1 aliphatic heterocycles. The van der Waals surface area contributed by atoms with Gasteiger partial charge in [0.2, 0.25) is 0 Å². The summed E-state index contributed by atoms with van der Waals surface area (Å²) in [6.07, 6.45) is 2.38. The van der Waals surface area contributed by atoms with Gasteiger partial charge in [-0.3, -0.25) is 4.90 Å². The van der Waals surface area contributed by atoms with Crippen LogP contribution in [0.2, 0.25) is 0 Å². The molecule has 5 nitrogen and oxygen atoms in total. The molecule has 1 atom stereocenters. The van der Waals surface area contributed by atoms with Gasteiger partial charge in [0.05, 0.1) is 11.4 Å². The Morgan fingerprint density at radius 2 is 2.50 bits per heavy atom. The molecule has 0 aliphatic carbocycles. The van der Waals surface area contributed by atoms with Crippen LogP contribution in [0.15, 0.2) is 22.0 Å². The summed E-state index contributed by atoms with van der Waals surface area (Å²) in [7, 11) is 0. The van der Waals surface area contributed by atoms with E-state index in [2.05, 4.69) is 15.0 Å². The van der Waals surface area contributed by atoms with Gasteiger partial charge in [0.25, 0.3) is 5.89 Å². The fraction of sp³-hybridized carbons (Fsp3) is 0.500. The smallest absolute Gasteiger partial charge is 0.268 e. The van der Waals surface area contributed by atoms with E-state index in [1.807, 2.05) is 17.5 Å². The van der Waals surface area contributed by atoms with E-state index in [4.69, 9.17) is 10.3 Å². The number of nitrogens with zero attached hydrogens (tertiary/aromatic N) is 3. The van der Waals surface area contributed by atoms with Crippen LogP contribution in [0, 0.1) is 0 Å². The summed E-state index contributed by atoms with van der Waals surface area (Å²) >= 11 is 1.61. The maximum atomic E-state index is 5.76. The molecule has 0 spiro atoms. The van der Waals surface area contributed by atoms with Crippen LogP contribution in [-0.4, -0.2) is 34.2 Å². The van der Waals surface area contributed by atoms with Crippen LogP contribution in [0.1, 0.15) is 18.7 Å². The lowest BCUT2D eigenvalue weighted by Crippen LogP contribution is -2.35. The summed E-state index contributed by atoms with van der Waals surface area (Å²) < 4.78 is 5.28. The maximum Gasteiger partial charge on any atom is 0.268 e. The molecular weight excluding hydrogens is 248 g/mol. The van der Waals surface area contributed by atoms with E-state index in [1.54, 1.807) is 11.3 Å². The second-order valence-electron chi connectivity index (χ2n) is 4.50. The number of aromatic nitrogens is 2. The standard InChI is InChI=1S/C12H16N4OS/c13-7-9-3-1-5-16(9)8-11-14-12(17-15-11)10-4-2-6-18-10/h2,4,6,9H,1,3,5,7-8,13H2. The van der Waals surface area contributed by atoms with Gasteiger partial charge in [0.15, 0.2) is 5.82 Å². The second-order valence-corrected chi connectivity index (χ2v) is 5.44. The lowest BCUT2D eigenvalue weighted by atomic mass is 10.2. The molecule has 96 valence electrons. The maximum absolute atomic E-state index is 5.76. The lowest BCUT2D eigenvalue weighted by molar-refractivity contribution is 0.240. The molecule has 2 N–H and O–H groups in total. The fourth-order valence-corrected chi connectivity index (χ4v) is 3.02. The summed E-state index contributed by atoms with van der Waals surface area (Å²) in [5, 5.41) is 6.05. The molecule has 18 heavy (non-hydrogen) atoms. The first kappa shape index (κ1) is 11.8. The Morgan fingerprint density at radius 1 is 1.56 bits per heavy atom. The van der Waals surface area contributed by atoms with Gasteiger partial charge in [-0.2, -0.15) is 4.98 Å². The Morgan fingerprint density at radius 3 is 3.28 bits per heavy atom. The van der Waals surface area contributed by atoms with Crippen molar-refractivity contribution >= 4 is 11.3 Å². The molecule has 1 unspecified atom stereocenters. The average molecular weight is 264 g/mol. The van der Waals surface area contributed by atoms with E-state index in [1.165, 1.54) is 12.8 Å². The Labute approximate surface area is 110 Å². The number of nitrogens with two attached hydrogens (primary N) is 1. The third kappa shape index (κ3) is 2.31. The molecule has 0 saturated carbocycles. The first-order valence-electron chi connectivity index (χ1n) is 6.17. The molecule has 0 radical (unpaired) electrons. The summed E-state index contributed by atoms with van der Waals surface area (Å²) in [6.45, 7) is 2.51. The first-order chi connectivity index (χ1) is 8.86. The number of hydrogen-bond acceptors (Lipinski definition) is 6. The van der Waals surface area contributed by atoms with E-state index >= 15 is 0 Å². The van der Waals surface area contributed by atoms with Crippen LogP contribution in [-0.2, 0) is 6.54 Å². The van der Waals surface area contributed by atoms with Crippen molar-refractivity contribution in [3.8, 4) is 10.8 Å². The van der Waals surface area contributed by atoms with Gasteiger partial charge in [0.1, 0.15) is 0 Å². The van der Waals surface area contributed by atoms with Crippen molar-refractivity contribution in [2.24, 2.45) is 5.73 Å². The van der Waals surface area contributed by atoms with Crippen LogP contribution < -0.4 is 5.73 Å². The molecule has 3 rings (SSSR count). The minimum Gasteiger partial charge on any atom is -0.333 e. The molecule has 2 aromatic rings. The number of thiophene rings is 1. The second kappa shape index (κ2) is 5.17.